The van der Waals surface area contributed by atoms with E-state index in [-0.39, 0.29) is 48.6 Å². The van der Waals surface area contributed by atoms with Crippen LogP contribution >= 0.6 is 0 Å². The Balaban J connectivity index is 0.881. The molecule has 2 N–H and O–H groups in total. The summed E-state index contributed by atoms with van der Waals surface area (Å²) in [5, 5.41) is 13.5. The van der Waals surface area contributed by atoms with Crippen molar-refractivity contribution in [1.82, 2.24) is 29.4 Å². The number of aryl methyl sites for hydroxylation is 2. The number of piperazine rings is 1. The van der Waals surface area contributed by atoms with Crippen molar-refractivity contribution in [2.45, 2.75) is 89.8 Å². The van der Waals surface area contributed by atoms with E-state index in [0.29, 0.717) is 88.7 Å². The van der Waals surface area contributed by atoms with Crippen molar-refractivity contribution in [3.63, 3.8) is 0 Å². The molecule has 0 unspecified atom stereocenters. The maximum Gasteiger partial charge on any atom is 0.410 e. The molecule has 4 fully saturated rings. The average molecular weight is 816 g/mol. The zero-order valence-electron chi connectivity index (χ0n) is 34.7. The van der Waals surface area contributed by atoms with Crippen LogP contribution in [0.1, 0.15) is 67.2 Å². The number of amides is 5. The van der Waals surface area contributed by atoms with E-state index in [4.69, 9.17) is 9.47 Å². The Kier molecular flexibility index (Phi) is 13.9. The van der Waals surface area contributed by atoms with E-state index in [0.717, 1.165) is 75.2 Å². The van der Waals surface area contributed by atoms with Crippen LogP contribution in [0.2, 0.25) is 0 Å². The molecule has 5 amide bonds. The second-order valence-electron chi connectivity index (χ2n) is 16.8. The maximum absolute atomic E-state index is 14.2. The lowest BCUT2D eigenvalue weighted by Gasteiger charge is -2.43. The number of aromatic hydroxyl groups is 1. The molecule has 2 aromatic carbocycles. The number of ether oxygens (including phenoxy) is 2. The molecule has 0 aromatic heterocycles. The van der Waals surface area contributed by atoms with Gasteiger partial charge in [0, 0.05) is 89.5 Å². The van der Waals surface area contributed by atoms with Gasteiger partial charge in [-0.25, -0.2) is 9.59 Å². The molecule has 1 atom stereocenters. The Labute approximate surface area is 347 Å². The van der Waals surface area contributed by atoms with Gasteiger partial charge in [0.1, 0.15) is 12.4 Å². The summed E-state index contributed by atoms with van der Waals surface area (Å²) in [5.74, 6) is -0.0962. The van der Waals surface area contributed by atoms with Crippen molar-refractivity contribution in [2.24, 2.45) is 0 Å². The van der Waals surface area contributed by atoms with Crippen molar-refractivity contribution >= 4 is 35.6 Å². The van der Waals surface area contributed by atoms with E-state index < -0.39 is 12.2 Å². The normalized spacial score (nSPS) is 20.6. The lowest BCUT2D eigenvalue weighted by molar-refractivity contribution is -0.146. The highest BCUT2D eigenvalue weighted by atomic mass is 16.6. The molecule has 0 aliphatic carbocycles. The second kappa shape index (κ2) is 19.4. The summed E-state index contributed by atoms with van der Waals surface area (Å²) in [6, 6.07) is 11.8. The number of carbonyl (C=O) groups excluding carboxylic acids is 5. The number of nitrogens with one attached hydrogen (secondary N) is 1. The van der Waals surface area contributed by atoms with Gasteiger partial charge in [0.15, 0.2) is 6.10 Å². The number of rotatable bonds is 12. The van der Waals surface area contributed by atoms with Crippen LogP contribution in [0.25, 0.3) is 0 Å². The van der Waals surface area contributed by atoms with Crippen molar-refractivity contribution in [3.05, 3.63) is 58.7 Å². The lowest BCUT2D eigenvalue weighted by atomic mass is 10.00. The summed E-state index contributed by atoms with van der Waals surface area (Å²) in [7, 11) is 0. The molecule has 15 nitrogen and oxygen atoms in total. The topological polar surface area (TPSA) is 156 Å². The lowest BCUT2D eigenvalue weighted by Crippen LogP contribution is -2.56. The summed E-state index contributed by atoms with van der Waals surface area (Å²) in [6.45, 7) is 11.5. The second-order valence-corrected chi connectivity index (χ2v) is 16.8. The zero-order valence-corrected chi connectivity index (χ0v) is 34.7. The molecule has 5 heterocycles. The highest BCUT2D eigenvalue weighted by Crippen LogP contribution is 2.27. The van der Waals surface area contributed by atoms with Crippen molar-refractivity contribution < 1.29 is 38.6 Å². The number of urea groups is 1. The molecular formula is C44H61N7O8. The SMILES string of the molecule is Cc1cc(C[C@@H](OC(=O)N2CCC(N3CCc4ccccc4NC3=O)CC2)C(=O)N2CCN(C3CCN(CCC(=O)OCCN4CCCC4=O)CC3)CC2)cc(C)c1O. The molecule has 0 spiro atoms. The van der Waals surface area contributed by atoms with E-state index in [2.05, 4.69) is 15.1 Å². The molecule has 0 saturated carbocycles. The minimum atomic E-state index is -1.03. The molecular weight excluding hydrogens is 755 g/mol. The van der Waals surface area contributed by atoms with Gasteiger partial charge < -0.3 is 44.4 Å². The highest BCUT2D eigenvalue weighted by molar-refractivity contribution is 5.91. The minimum Gasteiger partial charge on any atom is -0.507 e. The third-order valence-corrected chi connectivity index (χ3v) is 12.9. The number of nitrogens with zero attached hydrogens (tertiary/aromatic N) is 6. The van der Waals surface area contributed by atoms with Gasteiger partial charge in [-0.05, 0) is 93.8 Å². The summed E-state index contributed by atoms with van der Waals surface area (Å²) in [6.07, 6.45) is 4.38. The standard InChI is InChI=1S/C44H61N7O8/c1-31-28-33(29-32(2)41(31)54)30-38(59-44(57)50-19-12-36(13-20-50)51-21-9-34-6-3-4-7-37(34)45-43(51)56)42(55)49-24-22-47(23-25-49)35-10-16-46(17-11-35)18-14-40(53)58-27-26-48-15-5-8-39(48)52/h3-4,6-7,28-29,35-36,38,54H,5,8-27,30H2,1-2H3,(H,45,56)/t38-/m1/s1. The minimum absolute atomic E-state index is 0.00897. The Hall–Kier alpha value is -4.89. The Morgan fingerprint density at radius 3 is 2.20 bits per heavy atom. The molecule has 0 radical (unpaired) electrons. The van der Waals surface area contributed by atoms with Crippen molar-refractivity contribution in [1.29, 1.82) is 0 Å². The van der Waals surface area contributed by atoms with E-state index in [1.54, 1.807) is 9.80 Å². The number of phenols is 1. The summed E-state index contributed by atoms with van der Waals surface area (Å²) in [5.41, 5.74) is 4.17. The number of esters is 1. The van der Waals surface area contributed by atoms with Gasteiger partial charge >= 0.3 is 18.1 Å². The van der Waals surface area contributed by atoms with Crippen molar-refractivity contribution in [3.8, 4) is 5.75 Å². The smallest absolute Gasteiger partial charge is 0.410 e. The van der Waals surface area contributed by atoms with E-state index in [9.17, 15) is 29.1 Å². The number of hydrogen-bond acceptors (Lipinski definition) is 10. The Morgan fingerprint density at radius 2 is 1.51 bits per heavy atom. The fourth-order valence-electron chi connectivity index (χ4n) is 9.40. The number of carbonyl (C=O) groups is 5. The Bertz CT molecular complexity index is 1810. The van der Waals surface area contributed by atoms with Crippen LogP contribution < -0.4 is 5.32 Å². The van der Waals surface area contributed by atoms with Gasteiger partial charge in [-0.3, -0.25) is 19.3 Å². The number of piperidine rings is 2. The summed E-state index contributed by atoms with van der Waals surface area (Å²) >= 11 is 0. The number of benzene rings is 2. The predicted octanol–water partition coefficient (Wildman–Crippen LogP) is 3.78. The van der Waals surface area contributed by atoms with Crippen LogP contribution in [0.3, 0.4) is 0 Å². The molecule has 4 saturated heterocycles. The van der Waals surface area contributed by atoms with Gasteiger partial charge in [-0.2, -0.15) is 0 Å². The van der Waals surface area contributed by atoms with E-state index in [1.165, 1.54) is 0 Å². The summed E-state index contributed by atoms with van der Waals surface area (Å²) in [4.78, 5) is 77.1. The quantitative estimate of drug-likeness (QED) is 0.303. The number of anilines is 1. The molecule has 5 aliphatic rings. The predicted molar refractivity (Wildman–Crippen MR) is 221 cm³/mol. The average Bonchev–Trinajstić information content (AvgIpc) is 3.57. The number of hydrogen-bond donors (Lipinski definition) is 2. The fourth-order valence-corrected chi connectivity index (χ4v) is 9.40. The number of likely N-dealkylation sites (tertiary alicyclic amines) is 3. The van der Waals surface area contributed by atoms with Crippen LogP contribution in [-0.4, -0.2) is 168 Å². The van der Waals surface area contributed by atoms with Gasteiger partial charge in [0.05, 0.1) is 13.0 Å². The molecule has 59 heavy (non-hydrogen) atoms. The highest BCUT2D eigenvalue weighted by Gasteiger charge is 2.36. The van der Waals surface area contributed by atoms with Gasteiger partial charge in [0.25, 0.3) is 5.91 Å². The first-order valence-corrected chi connectivity index (χ1v) is 21.6. The molecule has 7 rings (SSSR count). The first-order chi connectivity index (χ1) is 28.5. The zero-order chi connectivity index (χ0) is 41.5. The van der Waals surface area contributed by atoms with Crippen LogP contribution in [0, 0.1) is 13.8 Å². The maximum atomic E-state index is 14.2. The van der Waals surface area contributed by atoms with E-state index >= 15 is 0 Å². The van der Waals surface area contributed by atoms with Gasteiger partial charge in [-0.1, -0.05) is 30.3 Å². The third-order valence-electron chi connectivity index (χ3n) is 12.9. The Morgan fingerprint density at radius 1 is 0.814 bits per heavy atom. The molecule has 2 aromatic rings. The first kappa shape index (κ1) is 42.2. The van der Waals surface area contributed by atoms with E-state index in [1.807, 2.05) is 60.0 Å². The van der Waals surface area contributed by atoms with Crippen LogP contribution in [0.5, 0.6) is 5.75 Å². The van der Waals surface area contributed by atoms with Crippen LogP contribution in [0.15, 0.2) is 36.4 Å². The molecule has 5 aliphatic heterocycles. The monoisotopic (exact) mass is 815 g/mol. The largest absolute Gasteiger partial charge is 0.507 e. The fraction of sp³-hybridized carbons (Fsp3) is 0.614. The van der Waals surface area contributed by atoms with Gasteiger partial charge in [0.2, 0.25) is 5.91 Å². The van der Waals surface area contributed by atoms with Crippen LogP contribution in [0.4, 0.5) is 15.3 Å². The third kappa shape index (κ3) is 10.7. The number of phenolic OH excluding ortho intramolecular Hbond substituents is 1. The van der Waals surface area contributed by atoms with Crippen LogP contribution in [-0.2, 0) is 36.7 Å². The molecule has 0 bridgehead atoms. The number of fused-ring (bicyclic) bond motifs is 1. The van der Waals surface area contributed by atoms with Gasteiger partial charge in [-0.15, -0.1) is 0 Å². The first-order valence-electron chi connectivity index (χ1n) is 21.6. The van der Waals surface area contributed by atoms with Crippen molar-refractivity contribution in [2.75, 3.05) is 90.5 Å². The summed E-state index contributed by atoms with van der Waals surface area (Å²) < 4.78 is 11.5. The molecule has 320 valence electrons. The number of para-hydroxylation sites is 1. The molecule has 15 heteroatoms.